The number of nitrogens with zero attached hydrogens (tertiary/aromatic N) is 5. The van der Waals surface area contributed by atoms with E-state index in [9.17, 15) is 9.59 Å². The number of nitrogens with two attached hydrogens (primary N) is 1. The quantitative estimate of drug-likeness (QED) is 0.702. The monoisotopic (exact) mass is 458 g/mol. The SMILES string of the molecule is CC(C)(C)OC(=O)C1=NC(c2ncn3c2[C@@H]2CCN2C(=O)c2c(Cl)cccc2-3)N(CN)O1. The van der Waals surface area contributed by atoms with Crippen molar-refractivity contribution in [2.75, 3.05) is 13.2 Å². The normalized spacial score (nSPS) is 22.2. The van der Waals surface area contributed by atoms with Crippen molar-refractivity contribution in [3.8, 4) is 5.69 Å². The molecular formula is C21H23ClN6O4. The van der Waals surface area contributed by atoms with E-state index in [1.165, 1.54) is 5.06 Å². The van der Waals surface area contributed by atoms with Gasteiger partial charge in [-0.25, -0.2) is 14.8 Å². The number of carbonyl (C=O) groups excluding carboxylic acids is 2. The summed E-state index contributed by atoms with van der Waals surface area (Å²) in [6.45, 7) is 5.88. The standard InChI is InChI=1S/C21H23ClN6O4/c1-21(2,3)31-20(30)18-25-17(28(9-23)32-18)15-16-13-7-8-26(13)19(29)14-11(22)5-4-6-12(14)27(16)10-24-15/h4-6,10,13,17H,7-9,23H2,1-3H3/t13-,17?/m0/s1. The molecule has 0 radical (unpaired) electrons. The molecule has 2 aromatic rings. The van der Waals surface area contributed by atoms with E-state index in [1.54, 1.807) is 44.1 Å². The average molecular weight is 459 g/mol. The molecule has 1 fully saturated rings. The predicted molar refractivity (Wildman–Crippen MR) is 115 cm³/mol. The molecule has 168 valence electrons. The number of ether oxygens (including phenoxy) is 1. The van der Waals surface area contributed by atoms with Gasteiger partial charge in [-0.05, 0) is 39.3 Å². The molecule has 1 saturated heterocycles. The molecule has 0 bridgehead atoms. The van der Waals surface area contributed by atoms with Crippen LogP contribution in [0.15, 0.2) is 29.5 Å². The molecule has 2 atom stereocenters. The molecule has 1 unspecified atom stereocenters. The first-order chi connectivity index (χ1) is 15.2. The lowest BCUT2D eigenvalue weighted by atomic mass is 9.97. The highest BCUT2D eigenvalue weighted by molar-refractivity contribution is 6.34. The third kappa shape index (κ3) is 3.17. The van der Waals surface area contributed by atoms with E-state index in [1.807, 2.05) is 10.6 Å². The Morgan fingerprint density at radius 3 is 2.81 bits per heavy atom. The van der Waals surface area contributed by atoms with Gasteiger partial charge in [-0.1, -0.05) is 22.7 Å². The molecule has 0 spiro atoms. The maximum absolute atomic E-state index is 13.2. The Bertz CT molecular complexity index is 1150. The molecule has 3 aliphatic rings. The van der Waals surface area contributed by atoms with Crippen molar-refractivity contribution < 1.29 is 19.2 Å². The van der Waals surface area contributed by atoms with Crippen molar-refractivity contribution in [2.24, 2.45) is 10.7 Å². The van der Waals surface area contributed by atoms with E-state index < -0.39 is 17.7 Å². The molecule has 5 rings (SSSR count). The van der Waals surface area contributed by atoms with Gasteiger partial charge in [0.15, 0.2) is 6.17 Å². The van der Waals surface area contributed by atoms with Crippen molar-refractivity contribution in [3.05, 3.63) is 46.5 Å². The highest BCUT2D eigenvalue weighted by Crippen LogP contribution is 2.45. The number of fused-ring (bicyclic) bond motifs is 5. The molecule has 11 heteroatoms. The van der Waals surface area contributed by atoms with E-state index in [0.717, 1.165) is 12.1 Å². The number of imidazole rings is 1. The smallest absolute Gasteiger partial charge is 0.396 e. The maximum atomic E-state index is 13.2. The minimum absolute atomic E-state index is 0.0253. The molecule has 1 aromatic heterocycles. The molecule has 1 aromatic carbocycles. The first-order valence-electron chi connectivity index (χ1n) is 10.3. The Morgan fingerprint density at radius 2 is 2.16 bits per heavy atom. The van der Waals surface area contributed by atoms with Crippen LogP contribution in [0.1, 0.15) is 61.1 Å². The lowest BCUT2D eigenvalue weighted by Gasteiger charge is -2.40. The van der Waals surface area contributed by atoms with Crippen LogP contribution in [0.2, 0.25) is 5.02 Å². The van der Waals surface area contributed by atoms with Gasteiger partial charge in [-0.3, -0.25) is 9.36 Å². The largest absolute Gasteiger partial charge is 0.453 e. The summed E-state index contributed by atoms with van der Waals surface area (Å²) in [4.78, 5) is 42.1. The first kappa shape index (κ1) is 20.9. The molecule has 0 aliphatic carbocycles. The van der Waals surface area contributed by atoms with Crippen LogP contribution in [0, 0.1) is 0 Å². The van der Waals surface area contributed by atoms with Gasteiger partial charge in [0.25, 0.3) is 5.91 Å². The Balaban J connectivity index is 1.60. The molecular weight excluding hydrogens is 436 g/mol. The minimum Gasteiger partial charge on any atom is -0.453 e. The van der Waals surface area contributed by atoms with Gasteiger partial charge in [0.05, 0.1) is 41.0 Å². The Labute approximate surface area is 189 Å². The zero-order valence-electron chi connectivity index (χ0n) is 17.9. The van der Waals surface area contributed by atoms with Crippen LogP contribution in [0.3, 0.4) is 0 Å². The second-order valence-corrected chi connectivity index (χ2v) is 9.23. The zero-order chi connectivity index (χ0) is 22.8. The molecule has 1 amide bonds. The molecule has 4 heterocycles. The van der Waals surface area contributed by atoms with Gasteiger partial charge < -0.3 is 20.2 Å². The summed E-state index contributed by atoms with van der Waals surface area (Å²) in [6.07, 6.45) is 1.66. The molecule has 10 nitrogen and oxygen atoms in total. The lowest BCUT2D eigenvalue weighted by molar-refractivity contribution is -0.152. The van der Waals surface area contributed by atoms with Gasteiger partial charge in [-0.2, -0.15) is 0 Å². The van der Waals surface area contributed by atoms with Crippen LogP contribution in [-0.4, -0.2) is 56.1 Å². The number of aromatic nitrogens is 2. The molecule has 32 heavy (non-hydrogen) atoms. The first-order valence-corrected chi connectivity index (χ1v) is 10.7. The minimum atomic E-state index is -0.753. The Kier molecular flexibility index (Phi) is 4.77. The van der Waals surface area contributed by atoms with Crippen molar-refractivity contribution in [3.63, 3.8) is 0 Å². The summed E-state index contributed by atoms with van der Waals surface area (Å²) >= 11 is 6.40. The van der Waals surface area contributed by atoms with Crippen LogP contribution < -0.4 is 5.73 Å². The summed E-state index contributed by atoms with van der Waals surface area (Å²) in [5, 5.41) is 1.76. The number of halogens is 1. The number of hydrogen-bond donors (Lipinski definition) is 1. The van der Waals surface area contributed by atoms with Crippen molar-refractivity contribution >= 4 is 29.4 Å². The maximum Gasteiger partial charge on any atom is 0.396 e. The molecule has 2 N–H and O–H groups in total. The number of hydroxylamine groups is 2. The van der Waals surface area contributed by atoms with Crippen LogP contribution in [0.25, 0.3) is 5.69 Å². The fourth-order valence-corrected chi connectivity index (χ4v) is 4.43. The Hall–Kier alpha value is -2.95. The van der Waals surface area contributed by atoms with Crippen molar-refractivity contribution in [1.82, 2.24) is 19.5 Å². The number of hydrogen-bond acceptors (Lipinski definition) is 8. The second-order valence-electron chi connectivity index (χ2n) is 8.82. The summed E-state index contributed by atoms with van der Waals surface area (Å²) in [5.41, 5.74) is 7.63. The van der Waals surface area contributed by atoms with Gasteiger partial charge in [0.2, 0.25) is 0 Å². The van der Waals surface area contributed by atoms with Gasteiger partial charge in [-0.15, -0.1) is 0 Å². The average Bonchev–Trinajstić information content (AvgIpc) is 3.28. The fourth-order valence-electron chi connectivity index (χ4n) is 4.18. The number of benzene rings is 1. The van der Waals surface area contributed by atoms with E-state index in [2.05, 4.69) is 9.98 Å². The second kappa shape index (κ2) is 7.29. The van der Waals surface area contributed by atoms with Gasteiger partial charge in [0.1, 0.15) is 11.3 Å². The van der Waals surface area contributed by atoms with Crippen LogP contribution >= 0.6 is 11.6 Å². The number of carbonyl (C=O) groups is 2. The molecule has 0 saturated carbocycles. The number of amides is 1. The highest BCUT2D eigenvalue weighted by atomic mass is 35.5. The fraction of sp³-hybridized carbons (Fsp3) is 0.429. The number of rotatable bonds is 3. The van der Waals surface area contributed by atoms with Gasteiger partial charge in [0, 0.05) is 6.54 Å². The topological polar surface area (TPSA) is 115 Å². The van der Waals surface area contributed by atoms with Crippen molar-refractivity contribution in [1.29, 1.82) is 0 Å². The lowest BCUT2D eigenvalue weighted by Crippen LogP contribution is -2.45. The van der Waals surface area contributed by atoms with E-state index in [-0.39, 0.29) is 24.5 Å². The van der Waals surface area contributed by atoms with Crippen LogP contribution in [0.4, 0.5) is 0 Å². The van der Waals surface area contributed by atoms with E-state index >= 15 is 0 Å². The molecule has 3 aliphatic heterocycles. The van der Waals surface area contributed by atoms with E-state index in [4.69, 9.17) is 26.9 Å². The Morgan fingerprint density at radius 1 is 1.38 bits per heavy atom. The van der Waals surface area contributed by atoms with Crippen LogP contribution in [-0.2, 0) is 14.4 Å². The number of aliphatic imine (C=N–C) groups is 1. The van der Waals surface area contributed by atoms with E-state index in [0.29, 0.717) is 28.5 Å². The zero-order valence-corrected chi connectivity index (χ0v) is 18.7. The summed E-state index contributed by atoms with van der Waals surface area (Å²) in [6, 6.07) is 5.14. The highest BCUT2D eigenvalue weighted by Gasteiger charge is 2.45. The van der Waals surface area contributed by atoms with Gasteiger partial charge >= 0.3 is 11.9 Å². The summed E-state index contributed by atoms with van der Waals surface area (Å²) in [7, 11) is 0. The number of esters is 1. The summed E-state index contributed by atoms with van der Waals surface area (Å²) in [5.74, 6) is -0.982. The predicted octanol–water partition coefficient (Wildman–Crippen LogP) is 2.33. The third-order valence-electron chi connectivity index (χ3n) is 5.61. The summed E-state index contributed by atoms with van der Waals surface area (Å²) < 4.78 is 7.25. The van der Waals surface area contributed by atoms with Crippen LogP contribution in [0.5, 0.6) is 0 Å². The van der Waals surface area contributed by atoms with Crippen molar-refractivity contribution in [2.45, 2.75) is 45.0 Å². The third-order valence-corrected chi connectivity index (χ3v) is 5.92.